The van der Waals surface area contributed by atoms with E-state index in [0.717, 1.165) is 11.1 Å². The predicted octanol–water partition coefficient (Wildman–Crippen LogP) is 5.17. The molecule has 0 unspecified atom stereocenters. The van der Waals surface area contributed by atoms with E-state index in [1.54, 1.807) is 35.7 Å². The molecule has 1 N–H and O–H groups in total. The lowest BCUT2D eigenvalue weighted by Crippen LogP contribution is -2.11. The second kappa shape index (κ2) is 7.44. The molecule has 128 valence electrons. The predicted molar refractivity (Wildman–Crippen MR) is 94.1 cm³/mol. The van der Waals surface area contributed by atoms with Crippen molar-refractivity contribution in [3.63, 3.8) is 0 Å². The van der Waals surface area contributed by atoms with Gasteiger partial charge >= 0.3 is 0 Å². The number of carbonyl (C=O) groups excluding carboxylic acids is 1. The average molecular weight is 359 g/mol. The van der Waals surface area contributed by atoms with Crippen LogP contribution in [0.2, 0.25) is 0 Å². The molecule has 0 fully saturated rings. The van der Waals surface area contributed by atoms with Gasteiger partial charge in [-0.3, -0.25) is 4.79 Å². The number of benzene rings is 2. The maximum atomic E-state index is 13.7. The van der Waals surface area contributed by atoms with Gasteiger partial charge in [-0.25, -0.2) is 8.78 Å². The maximum Gasteiger partial charge on any atom is 0.265 e. The topological polar surface area (TPSA) is 38.3 Å². The summed E-state index contributed by atoms with van der Waals surface area (Å²) in [5.74, 6) is -1.17. The van der Waals surface area contributed by atoms with Crippen LogP contribution in [0.15, 0.2) is 53.9 Å². The molecule has 25 heavy (non-hydrogen) atoms. The van der Waals surface area contributed by atoms with Crippen LogP contribution in [-0.4, -0.2) is 5.91 Å². The first-order chi connectivity index (χ1) is 12.0. The van der Waals surface area contributed by atoms with Gasteiger partial charge in [0.25, 0.3) is 5.91 Å². The van der Waals surface area contributed by atoms with Gasteiger partial charge in [0.2, 0.25) is 0 Å². The zero-order valence-electron chi connectivity index (χ0n) is 13.4. The van der Waals surface area contributed by atoms with Crippen molar-refractivity contribution in [2.24, 2.45) is 0 Å². The Labute approximate surface area is 147 Å². The second-order valence-corrected chi connectivity index (χ2v) is 6.39. The Morgan fingerprint density at radius 1 is 1.12 bits per heavy atom. The van der Waals surface area contributed by atoms with Gasteiger partial charge in [0.15, 0.2) is 11.6 Å². The van der Waals surface area contributed by atoms with Crippen LogP contribution < -0.4 is 10.1 Å². The molecule has 0 bridgehead atoms. The minimum absolute atomic E-state index is 0.141. The number of carbonyl (C=O) groups is 1. The molecule has 1 aromatic heterocycles. The van der Waals surface area contributed by atoms with Crippen LogP contribution in [0.1, 0.15) is 20.8 Å². The number of para-hydroxylation sites is 1. The molecule has 0 aliphatic rings. The molecule has 2 aromatic carbocycles. The maximum absolute atomic E-state index is 13.7. The van der Waals surface area contributed by atoms with E-state index in [1.165, 1.54) is 29.5 Å². The molecule has 0 saturated carbocycles. The van der Waals surface area contributed by atoms with Crippen LogP contribution in [0.25, 0.3) is 0 Å². The molecule has 3 rings (SSSR count). The second-order valence-electron chi connectivity index (χ2n) is 5.48. The molecule has 0 saturated heterocycles. The average Bonchev–Trinajstić information content (AvgIpc) is 3.06. The third kappa shape index (κ3) is 4.22. The highest BCUT2D eigenvalue weighted by Gasteiger charge is 2.13. The minimum Gasteiger partial charge on any atom is -0.486 e. The van der Waals surface area contributed by atoms with Gasteiger partial charge in [-0.1, -0.05) is 18.2 Å². The number of halogens is 2. The number of rotatable bonds is 5. The van der Waals surface area contributed by atoms with E-state index in [1.807, 2.05) is 6.92 Å². The number of aryl methyl sites for hydroxylation is 1. The quantitative estimate of drug-likeness (QED) is 0.683. The van der Waals surface area contributed by atoms with Crippen LogP contribution in [0, 0.1) is 18.6 Å². The van der Waals surface area contributed by atoms with Gasteiger partial charge in [0.1, 0.15) is 12.4 Å². The fourth-order valence-corrected chi connectivity index (χ4v) is 3.00. The molecule has 1 heterocycles. The molecule has 0 radical (unpaired) electrons. The summed E-state index contributed by atoms with van der Waals surface area (Å²) in [6, 6.07) is 12.3. The summed E-state index contributed by atoms with van der Waals surface area (Å²) in [6.45, 7) is 1.96. The minimum atomic E-state index is -0.487. The van der Waals surface area contributed by atoms with Gasteiger partial charge < -0.3 is 10.1 Å². The summed E-state index contributed by atoms with van der Waals surface area (Å²) < 4.78 is 32.7. The molecular weight excluding hydrogens is 344 g/mol. The Kier molecular flexibility index (Phi) is 5.09. The first-order valence-corrected chi connectivity index (χ1v) is 8.43. The normalized spacial score (nSPS) is 10.5. The summed E-state index contributed by atoms with van der Waals surface area (Å²) in [5.41, 5.74) is 1.73. The fraction of sp³-hybridized carbons (Fsp3) is 0.105. The van der Waals surface area contributed by atoms with Crippen LogP contribution in [0.4, 0.5) is 14.5 Å². The lowest BCUT2D eigenvalue weighted by molar-refractivity contribution is 0.103. The highest BCUT2D eigenvalue weighted by Crippen LogP contribution is 2.22. The number of nitrogens with one attached hydrogen (secondary N) is 1. The Balaban J connectivity index is 1.65. The number of thiophene rings is 1. The first kappa shape index (κ1) is 17.1. The Morgan fingerprint density at radius 2 is 1.92 bits per heavy atom. The van der Waals surface area contributed by atoms with Crippen molar-refractivity contribution < 1.29 is 18.3 Å². The zero-order chi connectivity index (χ0) is 17.8. The van der Waals surface area contributed by atoms with E-state index in [9.17, 15) is 13.6 Å². The fourth-order valence-electron chi connectivity index (χ4n) is 2.21. The summed E-state index contributed by atoms with van der Waals surface area (Å²) in [5, 5.41) is 4.31. The van der Waals surface area contributed by atoms with Gasteiger partial charge in [0, 0.05) is 5.56 Å². The number of anilines is 1. The van der Waals surface area contributed by atoms with E-state index in [2.05, 4.69) is 5.32 Å². The van der Waals surface area contributed by atoms with Gasteiger partial charge in [-0.05, 0) is 48.2 Å². The van der Waals surface area contributed by atoms with Gasteiger partial charge in [-0.15, -0.1) is 11.3 Å². The van der Waals surface area contributed by atoms with E-state index in [0.29, 0.717) is 4.88 Å². The number of ether oxygens (including phenoxy) is 1. The van der Waals surface area contributed by atoms with Crippen LogP contribution in [-0.2, 0) is 6.61 Å². The van der Waals surface area contributed by atoms with Crippen molar-refractivity contribution in [3.05, 3.63) is 81.5 Å². The number of hydrogen-bond acceptors (Lipinski definition) is 3. The van der Waals surface area contributed by atoms with Crippen molar-refractivity contribution >= 4 is 22.9 Å². The van der Waals surface area contributed by atoms with E-state index in [4.69, 9.17) is 4.74 Å². The third-order valence-corrected chi connectivity index (χ3v) is 4.46. The molecule has 6 heteroatoms. The Morgan fingerprint density at radius 3 is 2.72 bits per heavy atom. The monoisotopic (exact) mass is 359 g/mol. The largest absolute Gasteiger partial charge is 0.486 e. The molecular formula is C19H15F2NO2S. The summed E-state index contributed by atoms with van der Waals surface area (Å²) in [7, 11) is 0. The first-order valence-electron chi connectivity index (χ1n) is 7.55. The Hall–Kier alpha value is -2.73. The smallest absolute Gasteiger partial charge is 0.265 e. The molecule has 0 spiro atoms. The number of amides is 1. The SMILES string of the molecule is Cc1ccc(F)c(NC(=O)c2cc(COc3ccccc3F)cs2)c1. The molecule has 0 aliphatic heterocycles. The van der Waals surface area contributed by atoms with Gasteiger partial charge in [0.05, 0.1) is 10.6 Å². The summed E-state index contributed by atoms with van der Waals surface area (Å²) in [4.78, 5) is 12.7. The van der Waals surface area contributed by atoms with Gasteiger partial charge in [-0.2, -0.15) is 0 Å². The summed E-state index contributed by atoms with van der Waals surface area (Å²) in [6.07, 6.45) is 0. The van der Waals surface area contributed by atoms with E-state index >= 15 is 0 Å². The highest BCUT2D eigenvalue weighted by molar-refractivity contribution is 7.12. The van der Waals surface area contributed by atoms with E-state index < -0.39 is 17.5 Å². The molecule has 1 amide bonds. The van der Waals surface area contributed by atoms with Crippen molar-refractivity contribution in [1.82, 2.24) is 0 Å². The van der Waals surface area contributed by atoms with Crippen LogP contribution >= 0.6 is 11.3 Å². The van der Waals surface area contributed by atoms with Crippen molar-refractivity contribution in [2.75, 3.05) is 5.32 Å². The lowest BCUT2D eigenvalue weighted by atomic mass is 10.2. The van der Waals surface area contributed by atoms with E-state index in [-0.39, 0.29) is 18.0 Å². The van der Waals surface area contributed by atoms with Crippen molar-refractivity contribution in [2.45, 2.75) is 13.5 Å². The molecule has 0 atom stereocenters. The van der Waals surface area contributed by atoms with Crippen molar-refractivity contribution in [1.29, 1.82) is 0 Å². The Bertz CT molecular complexity index is 908. The number of hydrogen-bond donors (Lipinski definition) is 1. The highest BCUT2D eigenvalue weighted by atomic mass is 32.1. The molecule has 3 nitrogen and oxygen atoms in total. The summed E-state index contributed by atoms with van der Waals surface area (Å²) >= 11 is 1.22. The third-order valence-electron chi connectivity index (χ3n) is 3.48. The molecule has 0 aliphatic carbocycles. The zero-order valence-corrected chi connectivity index (χ0v) is 14.2. The molecule has 3 aromatic rings. The van der Waals surface area contributed by atoms with Crippen molar-refractivity contribution in [3.8, 4) is 5.75 Å². The standard InChI is InChI=1S/C19H15F2NO2S/c1-12-6-7-14(20)16(8-12)22-19(23)18-9-13(11-25-18)10-24-17-5-3-2-4-15(17)21/h2-9,11H,10H2,1H3,(H,22,23). The van der Waals surface area contributed by atoms with Crippen LogP contribution in [0.3, 0.4) is 0 Å². The lowest BCUT2D eigenvalue weighted by Gasteiger charge is -2.06. The van der Waals surface area contributed by atoms with Crippen LogP contribution in [0.5, 0.6) is 5.75 Å².